The van der Waals surface area contributed by atoms with Gasteiger partial charge in [-0.05, 0) is 25.8 Å². The molecule has 0 bridgehead atoms. The number of nitrogens with zero attached hydrogens (tertiary/aromatic N) is 3. The van der Waals surface area contributed by atoms with Crippen LogP contribution in [0.4, 0.5) is 11.6 Å². The molecule has 1 unspecified atom stereocenters. The highest BCUT2D eigenvalue weighted by Gasteiger charge is 2.14. The quantitative estimate of drug-likeness (QED) is 0.800. The Morgan fingerprint density at radius 1 is 1.53 bits per heavy atom. The van der Waals surface area contributed by atoms with Gasteiger partial charge in [0.2, 0.25) is 0 Å². The van der Waals surface area contributed by atoms with Crippen LogP contribution in [0.2, 0.25) is 0 Å². The average molecular weight is 235 g/mol. The second kappa shape index (κ2) is 5.82. The molecule has 5 nitrogen and oxygen atoms in total. The first kappa shape index (κ1) is 12.1. The van der Waals surface area contributed by atoms with Crippen LogP contribution in [0.3, 0.4) is 0 Å². The van der Waals surface area contributed by atoms with Gasteiger partial charge in [-0.1, -0.05) is 0 Å². The van der Waals surface area contributed by atoms with Gasteiger partial charge in [0.05, 0.1) is 0 Å². The van der Waals surface area contributed by atoms with Gasteiger partial charge in [-0.25, -0.2) is 9.97 Å². The molecule has 0 spiro atoms. The molecule has 1 aromatic rings. The molecule has 0 radical (unpaired) electrons. The van der Waals surface area contributed by atoms with Crippen LogP contribution in [0.15, 0.2) is 12.4 Å². The normalized spacial score (nSPS) is 19.3. The predicted octanol–water partition coefficient (Wildman–Crippen LogP) is 1.10. The molecule has 17 heavy (non-hydrogen) atoms. The van der Waals surface area contributed by atoms with Crippen LogP contribution < -0.4 is 15.5 Å². The largest absolute Gasteiger partial charge is 0.373 e. The number of nitrogens with one attached hydrogen (secondary N) is 2. The van der Waals surface area contributed by atoms with Crippen LogP contribution in [-0.4, -0.2) is 43.2 Å². The Kier molecular flexibility index (Phi) is 4.14. The fourth-order valence-corrected chi connectivity index (χ4v) is 2.16. The van der Waals surface area contributed by atoms with Crippen molar-refractivity contribution in [3.05, 3.63) is 12.4 Å². The highest BCUT2D eigenvalue weighted by molar-refractivity contribution is 5.47. The summed E-state index contributed by atoms with van der Waals surface area (Å²) in [5.41, 5.74) is 0. The number of hydrogen-bond donors (Lipinski definition) is 2. The Morgan fingerprint density at radius 2 is 2.41 bits per heavy atom. The van der Waals surface area contributed by atoms with E-state index in [1.165, 1.54) is 25.8 Å². The summed E-state index contributed by atoms with van der Waals surface area (Å²) in [6.07, 6.45) is 5.39. The standard InChI is InChI=1S/C12H21N5/c1-13-11-8-12(16-9-15-11)17(2)7-5-10-4-3-6-14-10/h8-10,14H,3-7H2,1-2H3,(H,13,15,16). The molecular formula is C12H21N5. The van der Waals surface area contributed by atoms with E-state index in [1.54, 1.807) is 6.33 Å². The maximum Gasteiger partial charge on any atom is 0.133 e. The molecule has 0 amide bonds. The minimum atomic E-state index is 0.683. The Hall–Kier alpha value is -1.36. The van der Waals surface area contributed by atoms with Gasteiger partial charge in [-0.3, -0.25) is 0 Å². The minimum absolute atomic E-state index is 0.683. The SMILES string of the molecule is CNc1cc(N(C)CCC2CCCN2)ncn1. The maximum atomic E-state index is 4.29. The van der Waals surface area contributed by atoms with Crippen LogP contribution in [0.25, 0.3) is 0 Å². The first-order valence-corrected chi connectivity index (χ1v) is 6.24. The highest BCUT2D eigenvalue weighted by Crippen LogP contribution is 2.14. The lowest BCUT2D eigenvalue weighted by atomic mass is 10.1. The summed E-state index contributed by atoms with van der Waals surface area (Å²) >= 11 is 0. The summed E-state index contributed by atoms with van der Waals surface area (Å²) in [7, 11) is 3.95. The lowest BCUT2D eigenvalue weighted by molar-refractivity contribution is 0.558. The van der Waals surface area contributed by atoms with Gasteiger partial charge in [0.15, 0.2) is 0 Å². The number of rotatable bonds is 5. The fraction of sp³-hybridized carbons (Fsp3) is 0.667. The molecule has 1 aliphatic heterocycles. The van der Waals surface area contributed by atoms with Crippen molar-refractivity contribution < 1.29 is 0 Å². The Balaban J connectivity index is 1.87. The Bertz CT molecular complexity index is 349. The van der Waals surface area contributed by atoms with Gasteiger partial charge in [0.25, 0.3) is 0 Å². The summed E-state index contributed by atoms with van der Waals surface area (Å²) in [5, 5.41) is 6.54. The average Bonchev–Trinajstić information content (AvgIpc) is 2.89. The van der Waals surface area contributed by atoms with Gasteiger partial charge < -0.3 is 15.5 Å². The van der Waals surface area contributed by atoms with E-state index in [4.69, 9.17) is 0 Å². The fourth-order valence-electron chi connectivity index (χ4n) is 2.16. The zero-order valence-electron chi connectivity index (χ0n) is 10.6. The molecule has 1 atom stereocenters. The van der Waals surface area contributed by atoms with Crippen LogP contribution >= 0.6 is 0 Å². The lowest BCUT2D eigenvalue weighted by Crippen LogP contribution is -2.28. The smallest absolute Gasteiger partial charge is 0.133 e. The molecule has 1 aromatic heterocycles. The molecule has 2 rings (SSSR count). The third-order valence-electron chi connectivity index (χ3n) is 3.28. The van der Waals surface area contributed by atoms with Crippen molar-refractivity contribution >= 4 is 11.6 Å². The molecule has 1 fully saturated rings. The molecule has 0 aliphatic carbocycles. The van der Waals surface area contributed by atoms with Gasteiger partial charge >= 0.3 is 0 Å². The minimum Gasteiger partial charge on any atom is -0.373 e. The van der Waals surface area contributed by atoms with Gasteiger partial charge in [0, 0.05) is 32.7 Å². The van der Waals surface area contributed by atoms with E-state index < -0.39 is 0 Å². The number of aromatic nitrogens is 2. The van der Waals surface area contributed by atoms with Gasteiger partial charge in [-0.15, -0.1) is 0 Å². The molecule has 0 saturated carbocycles. The van der Waals surface area contributed by atoms with E-state index >= 15 is 0 Å². The molecule has 2 heterocycles. The van der Waals surface area contributed by atoms with Crippen molar-refractivity contribution in [1.29, 1.82) is 0 Å². The molecule has 0 aromatic carbocycles. The second-order valence-corrected chi connectivity index (χ2v) is 4.51. The van der Waals surface area contributed by atoms with Crippen molar-refractivity contribution in [3.63, 3.8) is 0 Å². The van der Waals surface area contributed by atoms with Gasteiger partial charge in [0.1, 0.15) is 18.0 Å². The van der Waals surface area contributed by atoms with E-state index in [0.29, 0.717) is 6.04 Å². The van der Waals surface area contributed by atoms with E-state index in [-0.39, 0.29) is 0 Å². The zero-order valence-corrected chi connectivity index (χ0v) is 10.6. The molecule has 2 N–H and O–H groups in total. The predicted molar refractivity (Wildman–Crippen MR) is 70.5 cm³/mol. The summed E-state index contributed by atoms with van der Waals surface area (Å²) in [4.78, 5) is 10.6. The van der Waals surface area contributed by atoms with E-state index in [2.05, 4.69) is 32.5 Å². The first-order chi connectivity index (χ1) is 8.29. The van der Waals surface area contributed by atoms with Crippen LogP contribution in [0.5, 0.6) is 0 Å². The van der Waals surface area contributed by atoms with Crippen LogP contribution in [-0.2, 0) is 0 Å². The second-order valence-electron chi connectivity index (χ2n) is 4.51. The van der Waals surface area contributed by atoms with Crippen molar-refractivity contribution in [3.8, 4) is 0 Å². The summed E-state index contributed by atoms with van der Waals surface area (Å²) in [6.45, 7) is 2.20. The number of anilines is 2. The van der Waals surface area contributed by atoms with Crippen molar-refractivity contribution in [1.82, 2.24) is 15.3 Å². The zero-order chi connectivity index (χ0) is 12.1. The molecule has 94 valence electrons. The first-order valence-electron chi connectivity index (χ1n) is 6.24. The monoisotopic (exact) mass is 235 g/mol. The van der Waals surface area contributed by atoms with Crippen LogP contribution in [0.1, 0.15) is 19.3 Å². The summed E-state index contributed by atoms with van der Waals surface area (Å²) in [5.74, 6) is 1.84. The summed E-state index contributed by atoms with van der Waals surface area (Å²) < 4.78 is 0. The van der Waals surface area contributed by atoms with Crippen molar-refractivity contribution in [2.75, 3.05) is 37.4 Å². The van der Waals surface area contributed by atoms with E-state index in [0.717, 1.165) is 18.2 Å². The van der Waals surface area contributed by atoms with E-state index in [9.17, 15) is 0 Å². The Labute approximate surface area is 103 Å². The van der Waals surface area contributed by atoms with Crippen molar-refractivity contribution in [2.45, 2.75) is 25.3 Å². The topological polar surface area (TPSA) is 53.1 Å². The molecule has 5 heteroatoms. The lowest BCUT2D eigenvalue weighted by Gasteiger charge is -2.20. The van der Waals surface area contributed by atoms with E-state index in [1.807, 2.05) is 13.1 Å². The van der Waals surface area contributed by atoms with Gasteiger partial charge in [-0.2, -0.15) is 0 Å². The van der Waals surface area contributed by atoms with Crippen molar-refractivity contribution in [2.24, 2.45) is 0 Å². The highest BCUT2D eigenvalue weighted by atomic mass is 15.2. The molecule has 1 saturated heterocycles. The third kappa shape index (κ3) is 3.30. The maximum absolute atomic E-state index is 4.29. The molecule has 1 aliphatic rings. The van der Waals surface area contributed by atoms with Crippen LogP contribution in [0, 0.1) is 0 Å². The number of hydrogen-bond acceptors (Lipinski definition) is 5. The summed E-state index contributed by atoms with van der Waals surface area (Å²) in [6, 6.07) is 2.66. The third-order valence-corrected chi connectivity index (χ3v) is 3.28. The molecular weight excluding hydrogens is 214 g/mol. The Morgan fingerprint density at radius 3 is 3.12 bits per heavy atom.